The van der Waals surface area contributed by atoms with Gasteiger partial charge in [0, 0.05) is 12.8 Å². The van der Waals surface area contributed by atoms with Gasteiger partial charge in [0.1, 0.15) is 6.54 Å². The summed E-state index contributed by atoms with van der Waals surface area (Å²) in [5.74, 6) is 0.964. The van der Waals surface area contributed by atoms with Gasteiger partial charge in [0.05, 0.1) is 11.3 Å². The van der Waals surface area contributed by atoms with Crippen LogP contribution in [0, 0.1) is 12.3 Å². The normalized spacial score (nSPS) is 11.5. The fraction of sp³-hybridized carbons (Fsp3) is 0.636. The number of rotatable bonds is 6. The lowest BCUT2D eigenvalue weighted by Crippen LogP contribution is -2.49. The van der Waals surface area contributed by atoms with Crippen LogP contribution in [0.5, 0.6) is 0 Å². The first-order chi connectivity index (χ1) is 8.51. The minimum atomic E-state index is -3.35. The molecule has 19 heavy (non-hydrogen) atoms. The number of hydrogen-bond acceptors (Lipinski definition) is 4. The van der Waals surface area contributed by atoms with Crippen LogP contribution in [-0.4, -0.2) is 61.1 Å². The highest BCUT2D eigenvalue weighted by molar-refractivity contribution is 7.92. The largest absolute Gasteiger partial charge is 0.480 e. The van der Waals surface area contributed by atoms with E-state index in [2.05, 4.69) is 11.2 Å². The molecule has 0 aliphatic carbocycles. The molecule has 2 amide bonds. The van der Waals surface area contributed by atoms with Gasteiger partial charge in [0.15, 0.2) is 9.84 Å². The molecular formula is C11H18N2O5S. The number of hydrogen-bond donors (Lipinski definition) is 2. The van der Waals surface area contributed by atoms with Crippen molar-refractivity contribution < 1.29 is 23.1 Å². The number of amides is 2. The molecule has 8 heteroatoms. The van der Waals surface area contributed by atoms with Gasteiger partial charge >= 0.3 is 12.0 Å². The summed E-state index contributed by atoms with van der Waals surface area (Å²) in [7, 11) is -3.35. The topological polar surface area (TPSA) is 104 Å². The number of nitrogens with zero attached hydrogens (tertiary/aromatic N) is 1. The number of carbonyl (C=O) groups excluding carboxylic acids is 1. The van der Waals surface area contributed by atoms with Gasteiger partial charge in [0.2, 0.25) is 0 Å². The lowest BCUT2D eigenvalue weighted by molar-refractivity contribution is -0.137. The summed E-state index contributed by atoms with van der Waals surface area (Å²) < 4.78 is 21.7. The SMILES string of the molecule is C#CCN(CC(=O)O)C(=O)NCC(C)(C)S(C)(=O)=O. The predicted octanol–water partition coefficient (Wildman–Crippen LogP) is -0.461. The van der Waals surface area contributed by atoms with Crippen molar-refractivity contribution in [2.75, 3.05) is 25.9 Å². The number of urea groups is 1. The Bertz CT molecular complexity index is 490. The van der Waals surface area contributed by atoms with Gasteiger partial charge in [-0.1, -0.05) is 5.92 Å². The number of terminal acetylenes is 1. The molecular weight excluding hydrogens is 272 g/mol. The summed E-state index contributed by atoms with van der Waals surface area (Å²) in [6.07, 6.45) is 6.10. The number of aliphatic carboxylic acids is 1. The maximum absolute atomic E-state index is 11.7. The van der Waals surface area contributed by atoms with E-state index < -0.39 is 33.1 Å². The van der Waals surface area contributed by atoms with Crippen molar-refractivity contribution in [2.45, 2.75) is 18.6 Å². The maximum Gasteiger partial charge on any atom is 0.323 e. The molecule has 2 N–H and O–H groups in total. The summed E-state index contributed by atoms with van der Waals surface area (Å²) in [6, 6.07) is -0.711. The minimum absolute atomic E-state index is 0.134. The Balaban J connectivity index is 4.68. The molecule has 7 nitrogen and oxygen atoms in total. The first-order valence-corrected chi connectivity index (χ1v) is 7.28. The Morgan fingerprint density at radius 3 is 2.32 bits per heavy atom. The molecule has 0 heterocycles. The molecule has 0 atom stereocenters. The van der Waals surface area contributed by atoms with E-state index in [1.54, 1.807) is 0 Å². The molecule has 0 rings (SSSR count). The molecule has 0 spiro atoms. The molecule has 0 saturated heterocycles. The fourth-order valence-electron chi connectivity index (χ4n) is 1.00. The number of carboxylic acids is 1. The van der Waals surface area contributed by atoms with Crippen molar-refractivity contribution in [1.82, 2.24) is 10.2 Å². The van der Waals surface area contributed by atoms with Gasteiger partial charge in [-0.05, 0) is 13.8 Å². The van der Waals surface area contributed by atoms with Gasteiger partial charge in [-0.15, -0.1) is 6.42 Å². The third kappa shape index (κ3) is 5.61. The van der Waals surface area contributed by atoms with Crippen LogP contribution in [0.1, 0.15) is 13.8 Å². The van der Waals surface area contributed by atoms with Crippen molar-refractivity contribution >= 4 is 21.8 Å². The Labute approximate surface area is 112 Å². The molecule has 0 fully saturated rings. The van der Waals surface area contributed by atoms with Crippen molar-refractivity contribution in [1.29, 1.82) is 0 Å². The minimum Gasteiger partial charge on any atom is -0.480 e. The second kappa shape index (κ2) is 6.43. The number of carboxylic acid groups (broad SMARTS) is 1. The van der Waals surface area contributed by atoms with E-state index in [-0.39, 0.29) is 13.1 Å². The Morgan fingerprint density at radius 1 is 1.42 bits per heavy atom. The van der Waals surface area contributed by atoms with Crippen molar-refractivity contribution in [3.05, 3.63) is 0 Å². The third-order valence-corrected chi connectivity index (χ3v) is 4.72. The summed E-state index contributed by atoms with van der Waals surface area (Å²) >= 11 is 0. The summed E-state index contributed by atoms with van der Waals surface area (Å²) in [4.78, 5) is 23.2. The summed E-state index contributed by atoms with van der Waals surface area (Å²) in [6.45, 7) is 2.08. The number of nitrogens with one attached hydrogen (secondary N) is 1. The molecule has 0 aromatic heterocycles. The van der Waals surface area contributed by atoms with Crippen LogP contribution in [0.2, 0.25) is 0 Å². The molecule has 0 aliphatic heterocycles. The molecule has 0 radical (unpaired) electrons. The quantitative estimate of drug-likeness (QED) is 0.644. The van der Waals surface area contributed by atoms with Crippen molar-refractivity contribution in [2.24, 2.45) is 0 Å². The first kappa shape index (κ1) is 17.2. The fourth-order valence-corrected chi connectivity index (χ4v) is 1.34. The molecule has 0 aliphatic rings. The maximum atomic E-state index is 11.7. The highest BCUT2D eigenvalue weighted by Gasteiger charge is 2.31. The molecule has 108 valence electrons. The zero-order valence-corrected chi connectivity index (χ0v) is 12.0. The monoisotopic (exact) mass is 290 g/mol. The number of carbonyl (C=O) groups is 2. The average molecular weight is 290 g/mol. The van der Waals surface area contributed by atoms with Crippen LogP contribution in [0.15, 0.2) is 0 Å². The second-order valence-corrected chi connectivity index (χ2v) is 7.29. The molecule has 0 aromatic carbocycles. The van der Waals surface area contributed by atoms with Crippen LogP contribution in [0.25, 0.3) is 0 Å². The lowest BCUT2D eigenvalue weighted by Gasteiger charge is -2.25. The zero-order valence-electron chi connectivity index (χ0n) is 11.1. The van der Waals surface area contributed by atoms with Crippen LogP contribution in [-0.2, 0) is 14.6 Å². The highest BCUT2D eigenvalue weighted by atomic mass is 32.2. The van der Waals surface area contributed by atoms with Gasteiger partial charge in [-0.25, -0.2) is 13.2 Å². The van der Waals surface area contributed by atoms with E-state index in [0.717, 1.165) is 11.2 Å². The molecule has 0 aromatic rings. The van der Waals surface area contributed by atoms with Crippen LogP contribution in [0.3, 0.4) is 0 Å². The van der Waals surface area contributed by atoms with E-state index in [9.17, 15) is 18.0 Å². The van der Waals surface area contributed by atoms with E-state index in [1.165, 1.54) is 13.8 Å². The predicted molar refractivity (Wildman–Crippen MR) is 70.4 cm³/mol. The molecule has 0 unspecified atom stereocenters. The van der Waals surface area contributed by atoms with Crippen molar-refractivity contribution in [3.63, 3.8) is 0 Å². The van der Waals surface area contributed by atoms with Gasteiger partial charge in [0.25, 0.3) is 0 Å². The first-order valence-electron chi connectivity index (χ1n) is 5.39. The van der Waals surface area contributed by atoms with Gasteiger partial charge in [-0.2, -0.15) is 0 Å². The Hall–Kier alpha value is -1.75. The Kier molecular flexibility index (Phi) is 5.83. The lowest BCUT2D eigenvalue weighted by atomic mass is 10.2. The zero-order chi connectivity index (χ0) is 15.3. The third-order valence-electron chi connectivity index (χ3n) is 2.56. The Morgan fingerprint density at radius 2 is 1.95 bits per heavy atom. The summed E-state index contributed by atoms with van der Waals surface area (Å²) in [5.41, 5.74) is 0. The number of sulfone groups is 1. The molecule has 0 bridgehead atoms. The average Bonchev–Trinajstić information content (AvgIpc) is 2.23. The summed E-state index contributed by atoms with van der Waals surface area (Å²) in [5, 5.41) is 11.0. The van der Waals surface area contributed by atoms with E-state index >= 15 is 0 Å². The van der Waals surface area contributed by atoms with Crippen LogP contribution < -0.4 is 5.32 Å². The highest BCUT2D eigenvalue weighted by Crippen LogP contribution is 2.13. The van der Waals surface area contributed by atoms with Gasteiger partial charge in [-0.3, -0.25) is 4.79 Å². The van der Waals surface area contributed by atoms with Crippen LogP contribution >= 0.6 is 0 Å². The standard InChI is InChI=1S/C11H18N2O5S/c1-5-6-13(7-9(14)15)10(16)12-8-11(2,3)19(4,17)18/h1H,6-8H2,2-4H3,(H,12,16)(H,14,15). The van der Waals surface area contributed by atoms with E-state index in [4.69, 9.17) is 11.5 Å². The molecule has 0 saturated carbocycles. The van der Waals surface area contributed by atoms with E-state index in [1.807, 2.05) is 0 Å². The van der Waals surface area contributed by atoms with Gasteiger partial charge < -0.3 is 15.3 Å². The smallest absolute Gasteiger partial charge is 0.323 e. The van der Waals surface area contributed by atoms with Crippen molar-refractivity contribution in [3.8, 4) is 12.3 Å². The van der Waals surface area contributed by atoms with E-state index in [0.29, 0.717) is 0 Å². The van der Waals surface area contributed by atoms with Crippen LogP contribution in [0.4, 0.5) is 4.79 Å². The second-order valence-electron chi connectivity index (χ2n) is 4.64.